The molecule has 0 saturated carbocycles. The minimum Gasteiger partial charge on any atom is -0.327 e. The number of ether oxygens (including phenoxy) is 3. The van der Waals surface area contributed by atoms with Crippen molar-refractivity contribution in [1.82, 2.24) is 0 Å². The Labute approximate surface area is 96.0 Å². The summed E-state index contributed by atoms with van der Waals surface area (Å²) in [6.07, 6.45) is 6.51. The zero-order chi connectivity index (χ0) is 10.6. The van der Waals surface area contributed by atoms with E-state index in [1.165, 1.54) is 0 Å². The van der Waals surface area contributed by atoms with Crippen LogP contribution in [0.5, 0.6) is 0 Å². The molecule has 0 aromatic heterocycles. The fraction of sp³-hybridized carbons (Fsp3) is 1.00. The fourth-order valence-electron chi connectivity index (χ4n) is 2.10. The molecule has 88 valence electrons. The van der Waals surface area contributed by atoms with Crippen LogP contribution in [0.1, 0.15) is 38.5 Å². The Kier molecular flexibility index (Phi) is 4.26. The molecule has 0 N–H and O–H groups in total. The Balaban J connectivity index is 1.73. The summed E-state index contributed by atoms with van der Waals surface area (Å²) in [4.78, 5) is 0. The van der Waals surface area contributed by atoms with Gasteiger partial charge in [0.15, 0.2) is 0 Å². The number of alkyl halides is 1. The standard InChI is InChI=1S/C11H19ClO3/c12-7-3-1-5-10-9-14-11(15-10)6-2-4-8-13-11/h10H,1-9H2. The van der Waals surface area contributed by atoms with Crippen molar-refractivity contribution in [3.63, 3.8) is 0 Å². The van der Waals surface area contributed by atoms with Gasteiger partial charge >= 0.3 is 0 Å². The molecule has 0 aliphatic carbocycles. The van der Waals surface area contributed by atoms with Crippen molar-refractivity contribution in [3.8, 4) is 0 Å². The summed E-state index contributed by atoms with van der Waals surface area (Å²) >= 11 is 5.63. The van der Waals surface area contributed by atoms with Crippen molar-refractivity contribution in [2.24, 2.45) is 0 Å². The average molecular weight is 235 g/mol. The van der Waals surface area contributed by atoms with E-state index in [0.717, 1.165) is 51.0 Å². The smallest absolute Gasteiger partial charge is 0.283 e. The number of hydrogen-bond acceptors (Lipinski definition) is 3. The van der Waals surface area contributed by atoms with E-state index < -0.39 is 5.97 Å². The molecule has 2 aliphatic rings. The average Bonchev–Trinajstić information content (AvgIpc) is 2.63. The minimum absolute atomic E-state index is 0.200. The van der Waals surface area contributed by atoms with E-state index in [4.69, 9.17) is 25.8 Å². The molecule has 15 heavy (non-hydrogen) atoms. The number of unbranched alkanes of at least 4 members (excludes halogenated alkanes) is 1. The quantitative estimate of drug-likeness (QED) is 0.553. The molecule has 2 rings (SSSR count). The normalized spacial score (nSPS) is 36.2. The molecular weight excluding hydrogens is 216 g/mol. The summed E-state index contributed by atoms with van der Waals surface area (Å²) in [5.41, 5.74) is 0. The van der Waals surface area contributed by atoms with Gasteiger partial charge in [0.1, 0.15) is 0 Å². The lowest BCUT2D eigenvalue weighted by Gasteiger charge is -2.31. The first-order valence-electron chi connectivity index (χ1n) is 5.86. The van der Waals surface area contributed by atoms with E-state index in [1.807, 2.05) is 0 Å². The van der Waals surface area contributed by atoms with Crippen LogP contribution in [0, 0.1) is 0 Å². The van der Waals surface area contributed by atoms with Crippen LogP contribution in [0.2, 0.25) is 0 Å². The molecular formula is C11H19ClO3. The Morgan fingerprint density at radius 2 is 2.13 bits per heavy atom. The number of hydrogen-bond donors (Lipinski definition) is 0. The summed E-state index contributed by atoms with van der Waals surface area (Å²) in [7, 11) is 0. The van der Waals surface area contributed by atoms with Crippen LogP contribution in [-0.4, -0.2) is 31.2 Å². The van der Waals surface area contributed by atoms with Crippen molar-refractivity contribution in [2.75, 3.05) is 19.1 Å². The maximum absolute atomic E-state index is 5.85. The van der Waals surface area contributed by atoms with Crippen LogP contribution in [0.3, 0.4) is 0 Å². The maximum Gasteiger partial charge on any atom is 0.283 e. The van der Waals surface area contributed by atoms with Crippen LogP contribution in [0.25, 0.3) is 0 Å². The SMILES string of the molecule is ClCCCCC1COC2(CCCCO2)O1. The highest BCUT2D eigenvalue weighted by Gasteiger charge is 2.43. The van der Waals surface area contributed by atoms with Crippen molar-refractivity contribution >= 4 is 11.6 Å². The molecule has 2 unspecified atom stereocenters. The van der Waals surface area contributed by atoms with Crippen LogP contribution in [0.15, 0.2) is 0 Å². The lowest BCUT2D eigenvalue weighted by Crippen LogP contribution is -2.37. The second-order valence-corrected chi connectivity index (χ2v) is 4.60. The molecule has 2 atom stereocenters. The summed E-state index contributed by atoms with van der Waals surface area (Å²) in [6, 6.07) is 0. The molecule has 0 bridgehead atoms. The first-order chi connectivity index (χ1) is 7.35. The van der Waals surface area contributed by atoms with Crippen LogP contribution in [0.4, 0.5) is 0 Å². The van der Waals surface area contributed by atoms with Gasteiger partial charge < -0.3 is 14.2 Å². The number of halogens is 1. The molecule has 3 nitrogen and oxygen atoms in total. The maximum atomic E-state index is 5.85. The minimum atomic E-state index is -0.691. The molecule has 4 heteroatoms. The molecule has 0 amide bonds. The van der Waals surface area contributed by atoms with Gasteiger partial charge in [-0.2, -0.15) is 0 Å². The van der Waals surface area contributed by atoms with E-state index in [2.05, 4.69) is 0 Å². The van der Waals surface area contributed by atoms with E-state index in [1.54, 1.807) is 0 Å². The van der Waals surface area contributed by atoms with Gasteiger partial charge in [-0.25, -0.2) is 0 Å². The topological polar surface area (TPSA) is 27.7 Å². The summed E-state index contributed by atoms with van der Waals surface area (Å²) < 4.78 is 17.1. The third kappa shape index (κ3) is 3.06. The predicted octanol–water partition coefficient (Wildman–Crippen LogP) is 2.67. The fourth-order valence-corrected chi connectivity index (χ4v) is 2.29. The van der Waals surface area contributed by atoms with Gasteiger partial charge in [-0.15, -0.1) is 11.6 Å². The Morgan fingerprint density at radius 3 is 2.87 bits per heavy atom. The lowest BCUT2D eigenvalue weighted by molar-refractivity contribution is -0.351. The first-order valence-corrected chi connectivity index (χ1v) is 6.40. The third-order valence-corrected chi connectivity index (χ3v) is 3.21. The number of rotatable bonds is 4. The molecule has 2 saturated heterocycles. The predicted molar refractivity (Wildman–Crippen MR) is 57.9 cm³/mol. The van der Waals surface area contributed by atoms with Gasteiger partial charge in [0.05, 0.1) is 19.3 Å². The van der Waals surface area contributed by atoms with E-state index in [0.29, 0.717) is 6.61 Å². The summed E-state index contributed by atoms with van der Waals surface area (Å²) in [6.45, 7) is 1.43. The van der Waals surface area contributed by atoms with Crippen LogP contribution < -0.4 is 0 Å². The van der Waals surface area contributed by atoms with E-state index in [9.17, 15) is 0 Å². The molecule has 2 heterocycles. The highest BCUT2D eigenvalue weighted by atomic mass is 35.5. The Morgan fingerprint density at radius 1 is 1.20 bits per heavy atom. The van der Waals surface area contributed by atoms with Crippen LogP contribution in [-0.2, 0) is 14.2 Å². The van der Waals surface area contributed by atoms with Gasteiger partial charge in [-0.3, -0.25) is 0 Å². The molecule has 2 aliphatic heterocycles. The van der Waals surface area contributed by atoms with E-state index >= 15 is 0 Å². The van der Waals surface area contributed by atoms with Gasteiger partial charge in [0.2, 0.25) is 0 Å². The molecule has 0 aromatic rings. The van der Waals surface area contributed by atoms with Gasteiger partial charge in [-0.1, -0.05) is 0 Å². The Bertz CT molecular complexity index is 190. The monoisotopic (exact) mass is 234 g/mol. The highest BCUT2D eigenvalue weighted by molar-refractivity contribution is 6.17. The van der Waals surface area contributed by atoms with E-state index in [-0.39, 0.29) is 6.10 Å². The summed E-state index contributed by atoms with van der Waals surface area (Å²) in [5, 5.41) is 0. The molecule has 1 spiro atoms. The van der Waals surface area contributed by atoms with Crippen molar-refractivity contribution in [3.05, 3.63) is 0 Å². The van der Waals surface area contributed by atoms with Crippen molar-refractivity contribution in [1.29, 1.82) is 0 Å². The lowest BCUT2D eigenvalue weighted by atomic mass is 10.1. The van der Waals surface area contributed by atoms with Gasteiger partial charge in [-0.05, 0) is 32.1 Å². The first kappa shape index (κ1) is 11.6. The third-order valence-electron chi connectivity index (χ3n) is 2.94. The second-order valence-electron chi connectivity index (χ2n) is 4.22. The zero-order valence-electron chi connectivity index (χ0n) is 9.04. The Hall–Kier alpha value is 0.170. The largest absolute Gasteiger partial charge is 0.327 e. The van der Waals surface area contributed by atoms with Crippen molar-refractivity contribution < 1.29 is 14.2 Å². The van der Waals surface area contributed by atoms with Gasteiger partial charge in [0, 0.05) is 12.3 Å². The van der Waals surface area contributed by atoms with Crippen LogP contribution >= 0.6 is 11.6 Å². The molecule has 0 radical (unpaired) electrons. The second kappa shape index (κ2) is 5.48. The molecule has 2 fully saturated rings. The van der Waals surface area contributed by atoms with Gasteiger partial charge in [0.25, 0.3) is 5.97 Å². The molecule has 0 aromatic carbocycles. The zero-order valence-corrected chi connectivity index (χ0v) is 9.80. The summed E-state index contributed by atoms with van der Waals surface area (Å²) in [5.74, 6) is 0.0408. The highest BCUT2D eigenvalue weighted by Crippen LogP contribution is 2.34. The van der Waals surface area contributed by atoms with Crippen molar-refractivity contribution in [2.45, 2.75) is 50.6 Å².